The lowest BCUT2D eigenvalue weighted by molar-refractivity contribution is 0.0186. The number of aliphatic imine (C=N–C) groups is 1. The lowest BCUT2D eigenvalue weighted by atomic mass is 10.2. The molecule has 158 valence electrons. The summed E-state index contributed by atoms with van der Waals surface area (Å²) in [7, 11) is 0. The SMILES string of the molecule is CC(C)(C)OC(=O)N1CCN(C(N)=NCc2nncn2-c2ccccc2)CC1.I. The van der Waals surface area contributed by atoms with E-state index in [0.29, 0.717) is 44.5 Å². The molecule has 2 aromatic rings. The number of nitrogens with zero attached hydrogens (tertiary/aromatic N) is 6. The summed E-state index contributed by atoms with van der Waals surface area (Å²) in [5.41, 5.74) is 6.64. The fourth-order valence-corrected chi connectivity index (χ4v) is 2.87. The zero-order valence-electron chi connectivity index (χ0n) is 17.0. The molecule has 2 heterocycles. The van der Waals surface area contributed by atoms with Gasteiger partial charge in [-0.3, -0.25) is 4.57 Å². The van der Waals surface area contributed by atoms with E-state index in [1.807, 2.05) is 60.6 Å². The van der Waals surface area contributed by atoms with E-state index >= 15 is 0 Å². The van der Waals surface area contributed by atoms with E-state index in [1.54, 1.807) is 11.2 Å². The molecular formula is C19H28IN7O2. The molecule has 2 N–H and O–H groups in total. The second-order valence-corrected chi connectivity index (χ2v) is 7.58. The highest BCUT2D eigenvalue weighted by Crippen LogP contribution is 2.12. The molecule has 0 aliphatic carbocycles. The monoisotopic (exact) mass is 513 g/mol. The molecule has 1 aliphatic heterocycles. The van der Waals surface area contributed by atoms with E-state index in [1.165, 1.54) is 0 Å². The first-order valence-electron chi connectivity index (χ1n) is 9.30. The Morgan fingerprint density at radius 2 is 1.76 bits per heavy atom. The summed E-state index contributed by atoms with van der Waals surface area (Å²) in [5.74, 6) is 1.15. The van der Waals surface area contributed by atoms with E-state index in [0.717, 1.165) is 5.69 Å². The number of para-hydroxylation sites is 1. The van der Waals surface area contributed by atoms with Crippen LogP contribution in [0.3, 0.4) is 0 Å². The van der Waals surface area contributed by atoms with Crippen LogP contribution in [0.4, 0.5) is 4.79 Å². The van der Waals surface area contributed by atoms with Crippen LogP contribution in [0.1, 0.15) is 26.6 Å². The number of nitrogens with two attached hydrogens (primary N) is 1. The first-order chi connectivity index (χ1) is 13.3. The molecule has 0 bridgehead atoms. The number of ether oxygens (including phenoxy) is 1. The Labute approximate surface area is 187 Å². The minimum atomic E-state index is -0.497. The maximum atomic E-state index is 12.1. The third-order valence-corrected chi connectivity index (χ3v) is 4.29. The Bertz CT molecular complexity index is 825. The van der Waals surface area contributed by atoms with Gasteiger partial charge in [-0.1, -0.05) is 18.2 Å². The van der Waals surface area contributed by atoms with Crippen LogP contribution in [-0.2, 0) is 11.3 Å². The molecule has 29 heavy (non-hydrogen) atoms. The molecule has 1 aliphatic rings. The quantitative estimate of drug-likeness (QED) is 0.384. The van der Waals surface area contributed by atoms with Gasteiger partial charge in [-0.05, 0) is 32.9 Å². The first kappa shape index (κ1) is 22.9. The van der Waals surface area contributed by atoms with Gasteiger partial charge in [0.25, 0.3) is 0 Å². The Hall–Kier alpha value is -2.37. The Morgan fingerprint density at radius 3 is 2.38 bits per heavy atom. The number of piperazine rings is 1. The number of hydrogen-bond acceptors (Lipinski definition) is 5. The highest BCUT2D eigenvalue weighted by atomic mass is 127. The van der Waals surface area contributed by atoms with Crippen molar-refractivity contribution in [2.75, 3.05) is 26.2 Å². The smallest absolute Gasteiger partial charge is 0.410 e. The third-order valence-electron chi connectivity index (χ3n) is 4.29. The van der Waals surface area contributed by atoms with E-state index in [4.69, 9.17) is 10.5 Å². The fourth-order valence-electron chi connectivity index (χ4n) is 2.87. The van der Waals surface area contributed by atoms with Crippen LogP contribution in [0.5, 0.6) is 0 Å². The Kier molecular flexibility index (Phi) is 7.82. The molecule has 1 aromatic heterocycles. The molecule has 0 saturated carbocycles. The van der Waals surface area contributed by atoms with Crippen molar-refractivity contribution in [3.63, 3.8) is 0 Å². The number of amides is 1. The molecule has 0 spiro atoms. The van der Waals surface area contributed by atoms with Crippen molar-refractivity contribution >= 4 is 36.0 Å². The number of carbonyl (C=O) groups is 1. The second-order valence-electron chi connectivity index (χ2n) is 7.58. The predicted molar refractivity (Wildman–Crippen MR) is 121 cm³/mol. The fraction of sp³-hybridized carbons (Fsp3) is 0.474. The average Bonchev–Trinajstić information content (AvgIpc) is 3.14. The summed E-state index contributed by atoms with van der Waals surface area (Å²) in [4.78, 5) is 20.3. The van der Waals surface area contributed by atoms with Crippen LogP contribution in [0.15, 0.2) is 41.7 Å². The molecule has 0 atom stereocenters. The number of rotatable bonds is 3. The van der Waals surface area contributed by atoms with Gasteiger partial charge in [0.1, 0.15) is 18.5 Å². The molecule has 10 heteroatoms. The van der Waals surface area contributed by atoms with E-state index < -0.39 is 5.60 Å². The number of benzene rings is 1. The van der Waals surface area contributed by atoms with Gasteiger partial charge in [-0.2, -0.15) is 0 Å². The van der Waals surface area contributed by atoms with Crippen LogP contribution < -0.4 is 5.73 Å². The molecule has 1 saturated heterocycles. The normalized spacial score (nSPS) is 15.1. The summed E-state index contributed by atoms with van der Waals surface area (Å²) in [6.07, 6.45) is 1.37. The molecule has 1 fully saturated rings. The summed E-state index contributed by atoms with van der Waals surface area (Å²) in [6.45, 7) is 8.23. The Morgan fingerprint density at radius 1 is 1.14 bits per heavy atom. The lowest BCUT2D eigenvalue weighted by Crippen LogP contribution is -2.53. The number of guanidine groups is 1. The van der Waals surface area contributed by atoms with Crippen LogP contribution in [0.25, 0.3) is 5.69 Å². The number of halogens is 1. The summed E-state index contributed by atoms with van der Waals surface area (Å²) in [6, 6.07) is 9.84. The summed E-state index contributed by atoms with van der Waals surface area (Å²) >= 11 is 0. The van der Waals surface area contributed by atoms with Crippen LogP contribution >= 0.6 is 24.0 Å². The van der Waals surface area contributed by atoms with Crippen molar-refractivity contribution in [2.45, 2.75) is 32.9 Å². The van der Waals surface area contributed by atoms with Gasteiger partial charge in [-0.25, -0.2) is 9.79 Å². The minimum absolute atomic E-state index is 0. The maximum Gasteiger partial charge on any atom is 0.410 e. The van der Waals surface area contributed by atoms with Gasteiger partial charge in [-0.15, -0.1) is 34.2 Å². The number of carbonyl (C=O) groups excluding carboxylic acids is 1. The van der Waals surface area contributed by atoms with Crippen LogP contribution in [0, 0.1) is 0 Å². The Balaban J connectivity index is 0.00000300. The van der Waals surface area contributed by atoms with Gasteiger partial charge < -0.3 is 20.3 Å². The largest absolute Gasteiger partial charge is 0.444 e. The lowest BCUT2D eigenvalue weighted by Gasteiger charge is -2.36. The highest BCUT2D eigenvalue weighted by molar-refractivity contribution is 14.0. The van der Waals surface area contributed by atoms with Crippen LogP contribution in [0.2, 0.25) is 0 Å². The van der Waals surface area contributed by atoms with Crippen molar-refractivity contribution in [2.24, 2.45) is 10.7 Å². The molecule has 3 rings (SSSR count). The van der Waals surface area contributed by atoms with E-state index in [-0.39, 0.29) is 30.1 Å². The van der Waals surface area contributed by atoms with Crippen molar-refractivity contribution in [3.05, 3.63) is 42.5 Å². The van der Waals surface area contributed by atoms with Crippen LogP contribution in [-0.4, -0.2) is 68.4 Å². The average molecular weight is 513 g/mol. The standard InChI is InChI=1S/C19H27N7O2.HI/c1-19(2,3)28-18(27)25-11-9-24(10-12-25)17(20)21-13-16-23-22-14-26(16)15-7-5-4-6-8-15;/h4-8,14H,9-13H2,1-3H3,(H2,20,21);1H. The summed E-state index contributed by atoms with van der Waals surface area (Å²) in [5, 5.41) is 8.12. The van der Waals surface area contributed by atoms with Crippen molar-refractivity contribution in [1.82, 2.24) is 24.6 Å². The van der Waals surface area contributed by atoms with Crippen molar-refractivity contribution in [3.8, 4) is 5.69 Å². The van der Waals surface area contributed by atoms with E-state index in [9.17, 15) is 4.79 Å². The molecule has 0 unspecified atom stereocenters. The minimum Gasteiger partial charge on any atom is -0.444 e. The van der Waals surface area contributed by atoms with Gasteiger partial charge in [0.05, 0.1) is 0 Å². The molecule has 0 radical (unpaired) electrons. The molecule has 1 aromatic carbocycles. The van der Waals surface area contributed by atoms with Gasteiger partial charge in [0.2, 0.25) is 0 Å². The zero-order chi connectivity index (χ0) is 20.1. The highest BCUT2D eigenvalue weighted by Gasteiger charge is 2.26. The number of hydrogen-bond donors (Lipinski definition) is 1. The zero-order valence-corrected chi connectivity index (χ0v) is 19.3. The molecule has 9 nitrogen and oxygen atoms in total. The summed E-state index contributed by atoms with van der Waals surface area (Å²) < 4.78 is 7.30. The topological polar surface area (TPSA) is 102 Å². The van der Waals surface area contributed by atoms with E-state index in [2.05, 4.69) is 15.2 Å². The van der Waals surface area contributed by atoms with Crippen molar-refractivity contribution in [1.29, 1.82) is 0 Å². The van der Waals surface area contributed by atoms with Crippen molar-refractivity contribution < 1.29 is 9.53 Å². The number of aromatic nitrogens is 3. The second kappa shape index (κ2) is 9.90. The predicted octanol–water partition coefficient (Wildman–Crippen LogP) is 2.25. The molecule has 1 amide bonds. The first-order valence-corrected chi connectivity index (χ1v) is 9.30. The molecular weight excluding hydrogens is 485 g/mol. The van der Waals surface area contributed by atoms with Gasteiger partial charge in [0.15, 0.2) is 11.8 Å². The third kappa shape index (κ3) is 6.31. The van der Waals surface area contributed by atoms with Gasteiger partial charge >= 0.3 is 6.09 Å². The van der Waals surface area contributed by atoms with Gasteiger partial charge in [0, 0.05) is 31.9 Å². The maximum absolute atomic E-state index is 12.1.